The summed E-state index contributed by atoms with van der Waals surface area (Å²) in [6, 6.07) is 9.73. The first-order valence-corrected chi connectivity index (χ1v) is 6.63. The van der Waals surface area contributed by atoms with Crippen molar-refractivity contribution in [3.63, 3.8) is 0 Å². The van der Waals surface area contributed by atoms with E-state index in [1.165, 1.54) is 11.3 Å². The zero-order chi connectivity index (χ0) is 12.5. The van der Waals surface area contributed by atoms with Gasteiger partial charge in [-0.05, 0) is 47.7 Å². The fraction of sp³-hybridized carbons (Fsp3) is 0.0769. The molecule has 0 unspecified atom stereocenters. The molecule has 0 aliphatic rings. The minimum Gasteiger partial charge on any atom is -0.438 e. The van der Waals surface area contributed by atoms with Crippen LogP contribution in [0.3, 0.4) is 0 Å². The molecule has 0 atom stereocenters. The molecule has 0 bridgehead atoms. The van der Waals surface area contributed by atoms with Crippen LogP contribution in [-0.2, 0) is 0 Å². The predicted octanol–water partition coefficient (Wildman–Crippen LogP) is 4.45. The molecule has 0 saturated heterocycles. The Labute approximate surface area is 113 Å². The Bertz CT molecular complexity index is 711. The maximum absolute atomic E-state index is 5.88. The molecular formula is C13H9ClN2OS. The SMILES string of the molecule is Cc1cccc(Oc2nc(Cl)nc3sccc23)c1. The number of aryl methyl sites for hydroxylation is 1. The first kappa shape index (κ1) is 11.4. The van der Waals surface area contributed by atoms with Gasteiger partial charge in [-0.3, -0.25) is 0 Å². The molecule has 0 spiro atoms. The van der Waals surface area contributed by atoms with Gasteiger partial charge in [-0.1, -0.05) is 12.1 Å². The van der Waals surface area contributed by atoms with E-state index in [4.69, 9.17) is 16.3 Å². The highest BCUT2D eigenvalue weighted by Gasteiger charge is 2.09. The second-order valence-corrected chi connectivity index (χ2v) is 5.09. The third-order valence-electron chi connectivity index (χ3n) is 2.47. The molecule has 90 valence electrons. The molecule has 0 radical (unpaired) electrons. The molecule has 3 rings (SSSR count). The Morgan fingerprint density at radius 3 is 2.94 bits per heavy atom. The first-order valence-electron chi connectivity index (χ1n) is 5.37. The van der Waals surface area contributed by atoms with Gasteiger partial charge in [0.1, 0.15) is 10.6 Å². The van der Waals surface area contributed by atoms with Gasteiger partial charge in [0.25, 0.3) is 0 Å². The molecule has 0 fully saturated rings. The molecule has 0 aliphatic carbocycles. The first-order chi connectivity index (χ1) is 8.72. The summed E-state index contributed by atoms with van der Waals surface area (Å²) < 4.78 is 5.78. The Kier molecular flexibility index (Phi) is 2.89. The van der Waals surface area contributed by atoms with Crippen LogP contribution < -0.4 is 4.74 Å². The van der Waals surface area contributed by atoms with Crippen molar-refractivity contribution in [2.75, 3.05) is 0 Å². The van der Waals surface area contributed by atoms with Gasteiger partial charge in [-0.25, -0.2) is 4.98 Å². The van der Waals surface area contributed by atoms with Gasteiger partial charge < -0.3 is 4.74 Å². The summed E-state index contributed by atoms with van der Waals surface area (Å²) >= 11 is 7.40. The fourth-order valence-electron chi connectivity index (χ4n) is 1.67. The van der Waals surface area contributed by atoms with E-state index < -0.39 is 0 Å². The number of benzene rings is 1. The van der Waals surface area contributed by atoms with Crippen molar-refractivity contribution in [3.8, 4) is 11.6 Å². The Morgan fingerprint density at radius 1 is 1.22 bits per heavy atom. The van der Waals surface area contributed by atoms with E-state index >= 15 is 0 Å². The Morgan fingerprint density at radius 2 is 2.11 bits per heavy atom. The topological polar surface area (TPSA) is 35.0 Å². The third-order valence-corrected chi connectivity index (χ3v) is 3.44. The van der Waals surface area contributed by atoms with Gasteiger partial charge in [0.2, 0.25) is 11.2 Å². The molecule has 0 saturated carbocycles. The van der Waals surface area contributed by atoms with Crippen molar-refractivity contribution in [1.82, 2.24) is 9.97 Å². The molecule has 3 aromatic rings. The van der Waals surface area contributed by atoms with E-state index in [1.54, 1.807) is 0 Å². The van der Waals surface area contributed by atoms with Crippen LogP contribution in [0.5, 0.6) is 11.6 Å². The van der Waals surface area contributed by atoms with E-state index in [2.05, 4.69) is 9.97 Å². The van der Waals surface area contributed by atoms with Crippen molar-refractivity contribution < 1.29 is 4.74 Å². The molecule has 5 heteroatoms. The number of thiophene rings is 1. The minimum absolute atomic E-state index is 0.201. The maximum Gasteiger partial charge on any atom is 0.232 e. The lowest BCUT2D eigenvalue weighted by Crippen LogP contribution is -1.91. The molecule has 0 N–H and O–H groups in total. The van der Waals surface area contributed by atoms with Gasteiger partial charge in [0.05, 0.1) is 5.39 Å². The maximum atomic E-state index is 5.88. The fourth-order valence-corrected chi connectivity index (χ4v) is 2.64. The molecule has 2 aromatic heterocycles. The van der Waals surface area contributed by atoms with Crippen molar-refractivity contribution in [2.45, 2.75) is 6.92 Å². The third kappa shape index (κ3) is 2.17. The van der Waals surface area contributed by atoms with Crippen LogP contribution in [-0.4, -0.2) is 9.97 Å². The summed E-state index contributed by atoms with van der Waals surface area (Å²) in [6.07, 6.45) is 0. The van der Waals surface area contributed by atoms with E-state index in [0.717, 1.165) is 21.5 Å². The van der Waals surface area contributed by atoms with Gasteiger partial charge >= 0.3 is 0 Å². The van der Waals surface area contributed by atoms with Crippen LogP contribution in [0.25, 0.3) is 10.2 Å². The number of nitrogens with zero attached hydrogens (tertiary/aromatic N) is 2. The highest BCUT2D eigenvalue weighted by Crippen LogP contribution is 2.31. The molecule has 0 amide bonds. The highest BCUT2D eigenvalue weighted by atomic mass is 35.5. The highest BCUT2D eigenvalue weighted by molar-refractivity contribution is 7.16. The lowest BCUT2D eigenvalue weighted by Gasteiger charge is -2.06. The molecule has 18 heavy (non-hydrogen) atoms. The zero-order valence-electron chi connectivity index (χ0n) is 9.55. The van der Waals surface area contributed by atoms with Crippen molar-refractivity contribution in [3.05, 3.63) is 46.6 Å². The van der Waals surface area contributed by atoms with Crippen molar-refractivity contribution in [1.29, 1.82) is 0 Å². The largest absolute Gasteiger partial charge is 0.438 e. The van der Waals surface area contributed by atoms with Gasteiger partial charge in [0.15, 0.2) is 0 Å². The summed E-state index contributed by atoms with van der Waals surface area (Å²) in [4.78, 5) is 9.12. The zero-order valence-corrected chi connectivity index (χ0v) is 11.1. The molecule has 3 nitrogen and oxygen atoms in total. The van der Waals surface area contributed by atoms with E-state index in [0.29, 0.717) is 5.88 Å². The second-order valence-electron chi connectivity index (χ2n) is 3.86. The Balaban J connectivity index is 2.06. The van der Waals surface area contributed by atoms with Crippen LogP contribution in [0, 0.1) is 6.92 Å². The standard InChI is InChI=1S/C13H9ClN2OS/c1-8-3-2-4-9(7-8)17-11-10-5-6-18-12(10)16-13(14)15-11/h2-7H,1H3. The van der Waals surface area contributed by atoms with Crippen LogP contribution in [0.2, 0.25) is 5.28 Å². The van der Waals surface area contributed by atoms with Gasteiger partial charge in [-0.2, -0.15) is 4.98 Å². The number of ether oxygens (including phenoxy) is 1. The number of aromatic nitrogens is 2. The quantitative estimate of drug-likeness (QED) is 0.649. The average Bonchev–Trinajstić information content (AvgIpc) is 2.77. The van der Waals surface area contributed by atoms with E-state index in [-0.39, 0.29) is 5.28 Å². The van der Waals surface area contributed by atoms with Crippen LogP contribution in [0.1, 0.15) is 5.56 Å². The van der Waals surface area contributed by atoms with Crippen molar-refractivity contribution in [2.24, 2.45) is 0 Å². The lowest BCUT2D eigenvalue weighted by molar-refractivity contribution is 0.468. The molecule has 0 aliphatic heterocycles. The lowest BCUT2D eigenvalue weighted by atomic mass is 10.2. The molecule has 1 aromatic carbocycles. The second kappa shape index (κ2) is 4.55. The normalized spacial score (nSPS) is 10.8. The molecular weight excluding hydrogens is 268 g/mol. The van der Waals surface area contributed by atoms with Crippen LogP contribution >= 0.6 is 22.9 Å². The predicted molar refractivity (Wildman–Crippen MR) is 73.7 cm³/mol. The Hall–Kier alpha value is -1.65. The van der Waals surface area contributed by atoms with E-state index in [9.17, 15) is 0 Å². The van der Waals surface area contributed by atoms with Crippen LogP contribution in [0.4, 0.5) is 0 Å². The summed E-state index contributed by atoms with van der Waals surface area (Å²) in [5, 5.41) is 3.03. The number of rotatable bonds is 2. The van der Waals surface area contributed by atoms with Crippen LogP contribution in [0.15, 0.2) is 35.7 Å². The smallest absolute Gasteiger partial charge is 0.232 e. The minimum atomic E-state index is 0.201. The number of hydrogen-bond acceptors (Lipinski definition) is 4. The monoisotopic (exact) mass is 276 g/mol. The number of hydrogen-bond donors (Lipinski definition) is 0. The van der Waals surface area contributed by atoms with Gasteiger partial charge in [-0.15, -0.1) is 11.3 Å². The van der Waals surface area contributed by atoms with Crippen molar-refractivity contribution >= 4 is 33.2 Å². The summed E-state index contributed by atoms with van der Waals surface area (Å²) in [6.45, 7) is 2.01. The van der Waals surface area contributed by atoms with Gasteiger partial charge in [0, 0.05) is 0 Å². The number of halogens is 1. The average molecular weight is 277 g/mol. The number of fused-ring (bicyclic) bond motifs is 1. The molecule has 2 heterocycles. The summed E-state index contributed by atoms with van der Waals surface area (Å²) in [5.74, 6) is 1.24. The summed E-state index contributed by atoms with van der Waals surface area (Å²) in [7, 11) is 0. The summed E-state index contributed by atoms with van der Waals surface area (Å²) in [5.41, 5.74) is 1.13. The van der Waals surface area contributed by atoms with E-state index in [1.807, 2.05) is 42.6 Å².